The van der Waals surface area contributed by atoms with E-state index in [-0.39, 0.29) is 11.9 Å². The summed E-state index contributed by atoms with van der Waals surface area (Å²) in [7, 11) is 6.47. The number of hydrogen-bond donors (Lipinski definition) is 0. The lowest BCUT2D eigenvalue weighted by molar-refractivity contribution is -0.127. The molecule has 1 atom stereocenters. The summed E-state index contributed by atoms with van der Waals surface area (Å²) < 4.78 is 21.8. The van der Waals surface area contributed by atoms with Crippen molar-refractivity contribution in [3.05, 3.63) is 89.0 Å². The van der Waals surface area contributed by atoms with Crippen LogP contribution in [0.1, 0.15) is 28.3 Å². The molecule has 0 radical (unpaired) electrons. The van der Waals surface area contributed by atoms with Crippen molar-refractivity contribution < 1.29 is 23.7 Å². The third-order valence-electron chi connectivity index (χ3n) is 6.11. The fourth-order valence-electron chi connectivity index (χ4n) is 4.40. The highest BCUT2D eigenvalue weighted by atomic mass is 16.5. The largest absolute Gasteiger partial charge is 0.497 e. The predicted octanol–water partition coefficient (Wildman–Crippen LogP) is 4.91. The summed E-state index contributed by atoms with van der Waals surface area (Å²) in [5.74, 6) is 2.62. The number of fused-ring (bicyclic) bond motifs is 1. The van der Waals surface area contributed by atoms with Gasteiger partial charge >= 0.3 is 0 Å². The Hall–Kier alpha value is -3.93. The van der Waals surface area contributed by atoms with Crippen LogP contribution in [0, 0.1) is 0 Å². The van der Waals surface area contributed by atoms with Crippen LogP contribution in [-0.4, -0.2) is 45.8 Å². The van der Waals surface area contributed by atoms with Crippen LogP contribution in [0.3, 0.4) is 0 Å². The summed E-state index contributed by atoms with van der Waals surface area (Å²) in [5, 5.41) is 0. The molecule has 176 valence electrons. The molecular weight excluding hydrogens is 430 g/mol. The van der Waals surface area contributed by atoms with Gasteiger partial charge in [-0.25, -0.2) is 0 Å². The third-order valence-corrected chi connectivity index (χ3v) is 6.11. The fourth-order valence-corrected chi connectivity index (χ4v) is 4.40. The van der Waals surface area contributed by atoms with Gasteiger partial charge in [-0.15, -0.1) is 0 Å². The van der Waals surface area contributed by atoms with Gasteiger partial charge in [0.1, 0.15) is 11.5 Å². The molecule has 1 aliphatic rings. The molecule has 6 nitrogen and oxygen atoms in total. The molecule has 3 aromatic rings. The minimum atomic E-state index is -0.242. The number of benzene rings is 3. The van der Waals surface area contributed by atoms with E-state index in [9.17, 15) is 4.79 Å². The first-order valence-electron chi connectivity index (χ1n) is 11.1. The molecule has 0 N–H and O–H groups in total. The highest BCUT2D eigenvalue weighted by molar-refractivity contribution is 5.93. The first-order valence-corrected chi connectivity index (χ1v) is 11.1. The zero-order chi connectivity index (χ0) is 24.1. The topological polar surface area (TPSA) is 57.2 Å². The molecular formula is C28H29NO5. The van der Waals surface area contributed by atoms with Crippen LogP contribution in [-0.2, 0) is 11.2 Å². The average Bonchev–Trinajstić information content (AvgIpc) is 2.90. The van der Waals surface area contributed by atoms with Crippen LogP contribution in [0.15, 0.2) is 66.7 Å². The van der Waals surface area contributed by atoms with Gasteiger partial charge in [0.15, 0.2) is 11.5 Å². The summed E-state index contributed by atoms with van der Waals surface area (Å²) >= 11 is 0. The first kappa shape index (κ1) is 23.2. The number of methoxy groups -OCH3 is 4. The van der Waals surface area contributed by atoms with Gasteiger partial charge in [0.25, 0.3) is 0 Å². The number of rotatable bonds is 7. The number of hydrogen-bond acceptors (Lipinski definition) is 5. The number of carbonyl (C=O) groups excluding carboxylic acids is 1. The van der Waals surface area contributed by atoms with Crippen molar-refractivity contribution in [1.82, 2.24) is 4.90 Å². The van der Waals surface area contributed by atoms with E-state index in [2.05, 4.69) is 0 Å². The van der Waals surface area contributed by atoms with Crippen molar-refractivity contribution in [3.8, 4) is 23.0 Å². The third kappa shape index (κ3) is 4.57. The zero-order valence-corrected chi connectivity index (χ0v) is 19.9. The molecule has 6 heteroatoms. The molecule has 34 heavy (non-hydrogen) atoms. The van der Waals surface area contributed by atoms with E-state index in [4.69, 9.17) is 18.9 Å². The Balaban J connectivity index is 1.73. The van der Waals surface area contributed by atoms with Crippen molar-refractivity contribution in [3.63, 3.8) is 0 Å². The first-order chi connectivity index (χ1) is 16.6. The van der Waals surface area contributed by atoms with Gasteiger partial charge in [0, 0.05) is 18.2 Å². The molecule has 0 spiro atoms. The highest BCUT2D eigenvalue weighted by Gasteiger charge is 2.32. The zero-order valence-electron chi connectivity index (χ0n) is 19.9. The molecule has 1 unspecified atom stereocenters. The van der Waals surface area contributed by atoms with E-state index in [0.717, 1.165) is 28.7 Å². The molecule has 4 rings (SSSR count). The van der Waals surface area contributed by atoms with Crippen molar-refractivity contribution in [2.24, 2.45) is 0 Å². The summed E-state index contributed by atoms with van der Waals surface area (Å²) in [6.07, 6.45) is 4.09. The van der Waals surface area contributed by atoms with Crippen LogP contribution >= 0.6 is 0 Å². The van der Waals surface area contributed by atoms with Gasteiger partial charge in [-0.3, -0.25) is 4.79 Å². The molecule has 0 saturated carbocycles. The summed E-state index contributed by atoms with van der Waals surface area (Å²) in [5.41, 5.74) is 4.00. The second-order valence-electron chi connectivity index (χ2n) is 7.94. The molecule has 0 fully saturated rings. The van der Waals surface area contributed by atoms with Crippen LogP contribution in [0.2, 0.25) is 0 Å². The van der Waals surface area contributed by atoms with Crippen LogP contribution in [0.25, 0.3) is 6.08 Å². The minimum Gasteiger partial charge on any atom is -0.497 e. The molecule has 0 bridgehead atoms. The molecule has 0 saturated heterocycles. The maximum absolute atomic E-state index is 13.5. The Morgan fingerprint density at radius 1 is 0.853 bits per heavy atom. The monoisotopic (exact) mass is 459 g/mol. The predicted molar refractivity (Wildman–Crippen MR) is 132 cm³/mol. The normalized spacial score (nSPS) is 15.1. The molecule has 1 amide bonds. The number of nitrogens with zero attached hydrogens (tertiary/aromatic N) is 1. The fraction of sp³-hybridized carbons (Fsp3) is 0.250. The maximum Gasteiger partial charge on any atom is 0.247 e. The smallest absolute Gasteiger partial charge is 0.247 e. The Morgan fingerprint density at radius 2 is 1.56 bits per heavy atom. The number of ether oxygens (including phenoxy) is 4. The lowest BCUT2D eigenvalue weighted by Gasteiger charge is -2.37. The van der Waals surface area contributed by atoms with Crippen molar-refractivity contribution in [2.45, 2.75) is 12.5 Å². The number of amides is 1. The molecule has 0 aliphatic carbocycles. The second-order valence-corrected chi connectivity index (χ2v) is 7.94. The molecule has 1 heterocycles. The van der Waals surface area contributed by atoms with E-state index in [1.165, 1.54) is 0 Å². The van der Waals surface area contributed by atoms with Gasteiger partial charge in [-0.05, 0) is 59.5 Å². The van der Waals surface area contributed by atoms with Crippen molar-refractivity contribution in [2.75, 3.05) is 35.0 Å². The van der Waals surface area contributed by atoms with E-state index >= 15 is 0 Å². The van der Waals surface area contributed by atoms with Gasteiger partial charge in [0.05, 0.1) is 34.5 Å². The van der Waals surface area contributed by atoms with Crippen molar-refractivity contribution >= 4 is 12.0 Å². The highest BCUT2D eigenvalue weighted by Crippen LogP contribution is 2.41. The van der Waals surface area contributed by atoms with E-state index in [0.29, 0.717) is 29.5 Å². The van der Waals surface area contributed by atoms with Crippen LogP contribution < -0.4 is 18.9 Å². The van der Waals surface area contributed by atoms with Crippen molar-refractivity contribution in [1.29, 1.82) is 0 Å². The Morgan fingerprint density at radius 3 is 2.24 bits per heavy atom. The molecule has 0 aromatic heterocycles. The standard InChI is InChI=1S/C28H29NO5/c1-31-22-11-12-24(32-2)21(16-22)10-13-27(30)29-15-14-20-17-25(33-3)26(34-4)18-23(20)28(29)19-8-6-5-7-9-19/h5-13,16-18,28H,14-15H2,1-4H3/b13-10+. The summed E-state index contributed by atoms with van der Waals surface area (Å²) in [6.45, 7) is 0.584. The van der Waals surface area contributed by atoms with Crippen LogP contribution in [0.4, 0.5) is 0 Å². The minimum absolute atomic E-state index is 0.0841. The summed E-state index contributed by atoms with van der Waals surface area (Å²) in [6, 6.07) is 19.3. The average molecular weight is 460 g/mol. The Labute approximate surface area is 200 Å². The Kier molecular flexibility index (Phi) is 7.07. The Bertz CT molecular complexity index is 1190. The second kappa shape index (κ2) is 10.3. The van der Waals surface area contributed by atoms with E-state index in [1.807, 2.05) is 65.6 Å². The van der Waals surface area contributed by atoms with E-state index < -0.39 is 0 Å². The lowest BCUT2D eigenvalue weighted by Crippen LogP contribution is -2.39. The molecule has 3 aromatic carbocycles. The number of carbonyl (C=O) groups is 1. The van der Waals surface area contributed by atoms with Gasteiger partial charge < -0.3 is 23.8 Å². The quantitative estimate of drug-likeness (QED) is 0.470. The maximum atomic E-state index is 13.5. The van der Waals surface area contributed by atoms with Gasteiger partial charge in [-0.2, -0.15) is 0 Å². The molecule has 1 aliphatic heterocycles. The van der Waals surface area contributed by atoms with Gasteiger partial charge in [0.2, 0.25) is 5.91 Å². The SMILES string of the molecule is COc1ccc(OC)c(/C=C/C(=O)N2CCc3cc(OC)c(OC)cc3C2c2ccccc2)c1. The van der Waals surface area contributed by atoms with Crippen LogP contribution in [0.5, 0.6) is 23.0 Å². The summed E-state index contributed by atoms with van der Waals surface area (Å²) in [4.78, 5) is 15.4. The lowest BCUT2D eigenvalue weighted by atomic mass is 9.87. The van der Waals surface area contributed by atoms with E-state index in [1.54, 1.807) is 40.6 Å². The van der Waals surface area contributed by atoms with Gasteiger partial charge in [-0.1, -0.05) is 30.3 Å².